The summed E-state index contributed by atoms with van der Waals surface area (Å²) in [6.45, 7) is 0. The number of ether oxygens (including phenoxy) is 2. The first-order valence-corrected chi connectivity index (χ1v) is 6.16. The highest BCUT2D eigenvalue weighted by Gasteiger charge is 2.22. The molecule has 0 fully saturated rings. The molecule has 0 spiro atoms. The Balaban J connectivity index is 3.25. The fourth-order valence-corrected chi connectivity index (χ4v) is 2.21. The number of nitrogens with zero attached hydrogens (tertiary/aromatic N) is 1. The molecule has 0 unspecified atom stereocenters. The summed E-state index contributed by atoms with van der Waals surface area (Å²) in [4.78, 5) is 4.74. The van der Waals surface area contributed by atoms with Crippen molar-refractivity contribution in [3.05, 3.63) is 18.2 Å². The molecule has 1 aromatic carbocycles. The molecule has 1 rings (SSSR count). The molecule has 0 amide bonds. The molecule has 0 radical (unpaired) electrons. The summed E-state index contributed by atoms with van der Waals surface area (Å²) in [5.74, 6) is 0.810. The Morgan fingerprint density at radius 1 is 1.06 bits per heavy atom. The fraction of sp³-hybridized carbons (Fsp3) is 0.400. The van der Waals surface area contributed by atoms with Gasteiger partial charge >= 0.3 is 0 Å². The van der Waals surface area contributed by atoms with Gasteiger partial charge < -0.3 is 9.47 Å². The van der Waals surface area contributed by atoms with Crippen LogP contribution in [-0.2, 0) is 14.9 Å². The molecule has 0 bridgehead atoms. The van der Waals surface area contributed by atoms with Gasteiger partial charge in [0.05, 0.1) is 26.2 Å². The third kappa shape index (κ3) is 2.68. The zero-order valence-corrected chi connectivity index (χ0v) is 10.9. The van der Waals surface area contributed by atoms with Gasteiger partial charge in [-0.3, -0.25) is 4.84 Å². The second-order valence-corrected chi connectivity index (χ2v) is 5.05. The van der Waals surface area contributed by atoms with Crippen LogP contribution in [0.3, 0.4) is 0 Å². The van der Waals surface area contributed by atoms with E-state index in [0.717, 1.165) is 4.47 Å². The number of hydrogen-bond donors (Lipinski definition) is 0. The predicted molar refractivity (Wildman–Crippen MR) is 61.5 cm³/mol. The maximum absolute atomic E-state index is 11.9. The number of methoxy groups -OCH3 is 2. The quantitative estimate of drug-likeness (QED) is 0.736. The molecule has 0 aliphatic carbocycles. The van der Waals surface area contributed by atoms with Crippen LogP contribution in [0.25, 0.3) is 0 Å². The SMILES string of the molecule is COc1ccc(S(=O)(=O)N(C)OC)cc1OC. The standard InChI is InChI=1S/C10H15NO5S/c1-11(16-4)17(12,13)8-5-6-9(14-2)10(7-8)15-3/h5-7H,1-4H3. The molecule has 0 atom stereocenters. The van der Waals surface area contributed by atoms with Gasteiger partial charge in [0.1, 0.15) is 0 Å². The Morgan fingerprint density at radius 2 is 1.65 bits per heavy atom. The zero-order chi connectivity index (χ0) is 13.1. The number of rotatable bonds is 5. The summed E-state index contributed by atoms with van der Waals surface area (Å²) in [5.41, 5.74) is 0. The van der Waals surface area contributed by atoms with E-state index in [9.17, 15) is 8.42 Å². The van der Waals surface area contributed by atoms with Crippen LogP contribution >= 0.6 is 0 Å². The molecule has 0 N–H and O–H groups in total. The lowest BCUT2D eigenvalue weighted by molar-refractivity contribution is -0.0258. The maximum Gasteiger partial charge on any atom is 0.264 e. The lowest BCUT2D eigenvalue weighted by atomic mass is 10.3. The summed E-state index contributed by atoms with van der Waals surface area (Å²) < 4.78 is 34.7. The Morgan fingerprint density at radius 3 is 2.12 bits per heavy atom. The summed E-state index contributed by atoms with van der Waals surface area (Å²) in [7, 11) is 1.83. The van der Waals surface area contributed by atoms with Crippen molar-refractivity contribution >= 4 is 10.0 Å². The Kier molecular flexibility index (Phi) is 4.33. The first-order valence-electron chi connectivity index (χ1n) is 4.72. The maximum atomic E-state index is 11.9. The third-order valence-electron chi connectivity index (χ3n) is 2.25. The average molecular weight is 261 g/mol. The van der Waals surface area contributed by atoms with Crippen LogP contribution < -0.4 is 9.47 Å². The van der Waals surface area contributed by atoms with Crippen LogP contribution in [0, 0.1) is 0 Å². The number of hydroxylamine groups is 1. The van der Waals surface area contributed by atoms with Crippen molar-refractivity contribution in [2.45, 2.75) is 4.90 Å². The third-order valence-corrected chi connectivity index (χ3v) is 3.92. The minimum atomic E-state index is -3.67. The van der Waals surface area contributed by atoms with Gasteiger partial charge in [0.2, 0.25) is 0 Å². The van der Waals surface area contributed by atoms with Crippen molar-refractivity contribution in [3.63, 3.8) is 0 Å². The number of benzene rings is 1. The van der Waals surface area contributed by atoms with Gasteiger partial charge in [0.25, 0.3) is 10.0 Å². The van der Waals surface area contributed by atoms with Gasteiger partial charge in [0, 0.05) is 13.1 Å². The van der Waals surface area contributed by atoms with Gasteiger partial charge in [0.15, 0.2) is 11.5 Å². The lowest BCUT2D eigenvalue weighted by Crippen LogP contribution is -2.25. The summed E-state index contributed by atoms with van der Waals surface area (Å²) in [5, 5.41) is 0. The van der Waals surface area contributed by atoms with Crippen LogP contribution in [0.1, 0.15) is 0 Å². The molecule has 0 aliphatic heterocycles. The number of hydrogen-bond acceptors (Lipinski definition) is 5. The Hall–Kier alpha value is -1.31. The van der Waals surface area contributed by atoms with E-state index >= 15 is 0 Å². The highest BCUT2D eigenvalue weighted by atomic mass is 32.2. The molecule has 7 heteroatoms. The average Bonchev–Trinajstić information content (AvgIpc) is 2.36. The van der Waals surface area contributed by atoms with E-state index in [1.54, 1.807) is 0 Å². The molecular weight excluding hydrogens is 246 g/mol. The van der Waals surface area contributed by atoms with Crippen molar-refractivity contribution in [3.8, 4) is 11.5 Å². The molecule has 96 valence electrons. The van der Waals surface area contributed by atoms with Crippen molar-refractivity contribution < 1.29 is 22.7 Å². The van der Waals surface area contributed by atoms with E-state index in [0.29, 0.717) is 11.5 Å². The van der Waals surface area contributed by atoms with Crippen LogP contribution in [0.2, 0.25) is 0 Å². The largest absolute Gasteiger partial charge is 0.493 e. The highest BCUT2D eigenvalue weighted by molar-refractivity contribution is 7.89. The predicted octanol–water partition coefficient (Wildman–Crippen LogP) is 0.886. The summed E-state index contributed by atoms with van der Waals surface area (Å²) in [6, 6.07) is 4.32. The fourth-order valence-electron chi connectivity index (χ4n) is 1.22. The molecule has 0 saturated carbocycles. The zero-order valence-electron chi connectivity index (χ0n) is 10.1. The Labute approximate surface area is 101 Å². The molecule has 6 nitrogen and oxygen atoms in total. The minimum absolute atomic E-state index is 0.0690. The first kappa shape index (κ1) is 13.8. The highest BCUT2D eigenvalue weighted by Crippen LogP contribution is 2.30. The molecule has 17 heavy (non-hydrogen) atoms. The molecule has 0 aliphatic rings. The molecule has 0 heterocycles. The van der Waals surface area contributed by atoms with E-state index in [1.807, 2.05) is 0 Å². The van der Waals surface area contributed by atoms with E-state index in [-0.39, 0.29) is 4.90 Å². The van der Waals surface area contributed by atoms with Crippen molar-refractivity contribution in [2.24, 2.45) is 0 Å². The lowest BCUT2D eigenvalue weighted by Gasteiger charge is -2.15. The van der Waals surface area contributed by atoms with E-state index in [4.69, 9.17) is 9.47 Å². The van der Waals surface area contributed by atoms with E-state index in [1.165, 1.54) is 46.6 Å². The van der Waals surface area contributed by atoms with Crippen LogP contribution in [0.4, 0.5) is 0 Å². The van der Waals surface area contributed by atoms with Crippen molar-refractivity contribution in [2.75, 3.05) is 28.4 Å². The van der Waals surface area contributed by atoms with Crippen molar-refractivity contribution in [1.29, 1.82) is 0 Å². The Bertz CT molecular complexity index is 485. The van der Waals surface area contributed by atoms with Gasteiger partial charge in [-0.2, -0.15) is 0 Å². The van der Waals surface area contributed by atoms with Crippen LogP contribution in [0.15, 0.2) is 23.1 Å². The van der Waals surface area contributed by atoms with Gasteiger partial charge in [-0.25, -0.2) is 8.42 Å². The topological polar surface area (TPSA) is 65.1 Å². The second kappa shape index (κ2) is 5.35. The van der Waals surface area contributed by atoms with Crippen molar-refractivity contribution in [1.82, 2.24) is 4.47 Å². The van der Waals surface area contributed by atoms with Gasteiger partial charge in [-0.1, -0.05) is 4.47 Å². The van der Waals surface area contributed by atoms with Gasteiger partial charge in [-0.15, -0.1) is 0 Å². The smallest absolute Gasteiger partial charge is 0.264 e. The van der Waals surface area contributed by atoms with E-state index < -0.39 is 10.0 Å². The number of sulfonamides is 1. The summed E-state index contributed by atoms with van der Waals surface area (Å²) in [6.07, 6.45) is 0. The molecule has 1 aromatic rings. The van der Waals surface area contributed by atoms with E-state index in [2.05, 4.69) is 4.84 Å². The first-order chi connectivity index (χ1) is 7.97. The minimum Gasteiger partial charge on any atom is -0.493 e. The second-order valence-electron chi connectivity index (χ2n) is 3.11. The van der Waals surface area contributed by atoms with Gasteiger partial charge in [-0.05, 0) is 12.1 Å². The van der Waals surface area contributed by atoms with Crippen LogP contribution in [-0.4, -0.2) is 41.3 Å². The van der Waals surface area contributed by atoms with Crippen LogP contribution in [0.5, 0.6) is 11.5 Å². The normalized spacial score (nSPS) is 11.6. The monoisotopic (exact) mass is 261 g/mol. The molecule has 0 saturated heterocycles. The molecular formula is C10H15NO5S. The molecule has 0 aromatic heterocycles. The summed E-state index contributed by atoms with van der Waals surface area (Å²) >= 11 is 0.